The number of carboxylic acids is 1. The summed E-state index contributed by atoms with van der Waals surface area (Å²) in [5.41, 5.74) is -0.605. The molecular formula is C16H12ClF3O3. The summed E-state index contributed by atoms with van der Waals surface area (Å²) in [6, 6.07) is 10.5. The van der Waals surface area contributed by atoms with E-state index in [1.807, 2.05) is 0 Å². The molecule has 23 heavy (non-hydrogen) atoms. The lowest BCUT2D eigenvalue weighted by Gasteiger charge is -2.16. The zero-order chi connectivity index (χ0) is 17.0. The van der Waals surface area contributed by atoms with Gasteiger partial charge in [-0.1, -0.05) is 29.8 Å². The molecule has 122 valence electrons. The van der Waals surface area contributed by atoms with Crippen LogP contribution < -0.4 is 4.74 Å². The molecule has 0 radical (unpaired) electrons. The molecule has 0 saturated heterocycles. The second kappa shape index (κ2) is 6.91. The topological polar surface area (TPSA) is 46.5 Å². The fourth-order valence-corrected chi connectivity index (χ4v) is 2.07. The average Bonchev–Trinajstić information content (AvgIpc) is 2.48. The van der Waals surface area contributed by atoms with Crippen molar-refractivity contribution in [2.75, 3.05) is 0 Å². The summed E-state index contributed by atoms with van der Waals surface area (Å²) < 4.78 is 43.4. The van der Waals surface area contributed by atoms with Crippen molar-refractivity contribution in [3.8, 4) is 5.75 Å². The normalized spacial score (nSPS) is 12.7. The van der Waals surface area contributed by atoms with Gasteiger partial charge in [-0.25, -0.2) is 4.79 Å². The van der Waals surface area contributed by atoms with Crippen LogP contribution >= 0.6 is 11.6 Å². The molecule has 0 aliphatic rings. The number of carboxylic acid groups (broad SMARTS) is 1. The molecule has 0 heterocycles. The zero-order valence-electron chi connectivity index (χ0n) is 11.7. The molecule has 0 amide bonds. The monoisotopic (exact) mass is 344 g/mol. The van der Waals surface area contributed by atoms with E-state index in [2.05, 4.69) is 0 Å². The van der Waals surface area contributed by atoms with Crippen molar-refractivity contribution in [2.45, 2.75) is 18.7 Å². The molecule has 2 aromatic rings. The maximum Gasteiger partial charge on any atom is 0.416 e. The number of rotatable bonds is 5. The number of aliphatic carboxylic acids is 1. The van der Waals surface area contributed by atoms with E-state index in [0.717, 1.165) is 12.1 Å². The Morgan fingerprint density at radius 1 is 1.17 bits per heavy atom. The molecule has 2 aromatic carbocycles. The molecule has 1 N–H and O–H groups in total. The maximum atomic E-state index is 12.7. The lowest BCUT2D eigenvalue weighted by molar-refractivity contribution is -0.145. The Morgan fingerprint density at radius 2 is 1.83 bits per heavy atom. The van der Waals surface area contributed by atoms with Gasteiger partial charge in [0, 0.05) is 11.4 Å². The molecular weight excluding hydrogens is 333 g/mol. The Bertz CT molecular complexity index is 684. The van der Waals surface area contributed by atoms with Gasteiger partial charge in [-0.15, -0.1) is 0 Å². The number of hydrogen-bond acceptors (Lipinski definition) is 2. The van der Waals surface area contributed by atoms with E-state index in [1.165, 1.54) is 36.4 Å². The molecule has 0 fully saturated rings. The van der Waals surface area contributed by atoms with Crippen LogP contribution in [-0.4, -0.2) is 17.2 Å². The number of benzene rings is 2. The van der Waals surface area contributed by atoms with Crippen LogP contribution in [0.5, 0.6) is 5.75 Å². The standard InChI is InChI=1S/C16H12ClF3O3/c17-12-4-6-13(7-5-12)23-14(15(21)22)9-10-2-1-3-11(8-10)16(18,19)20/h1-8,14H,9H2,(H,21,22). The van der Waals surface area contributed by atoms with Gasteiger partial charge in [0.2, 0.25) is 0 Å². The maximum absolute atomic E-state index is 12.7. The Morgan fingerprint density at radius 3 is 2.39 bits per heavy atom. The summed E-state index contributed by atoms with van der Waals surface area (Å²) in [6.07, 6.45) is -5.98. The van der Waals surface area contributed by atoms with Gasteiger partial charge in [-0.05, 0) is 35.9 Å². The summed E-state index contributed by atoms with van der Waals surface area (Å²) in [5.74, 6) is -0.994. The third-order valence-electron chi connectivity index (χ3n) is 3.04. The third-order valence-corrected chi connectivity index (χ3v) is 3.29. The van der Waals surface area contributed by atoms with Gasteiger partial charge in [0.15, 0.2) is 6.10 Å². The molecule has 3 nitrogen and oxygen atoms in total. The highest BCUT2D eigenvalue weighted by atomic mass is 35.5. The van der Waals surface area contributed by atoms with Crippen LogP contribution in [0.25, 0.3) is 0 Å². The van der Waals surface area contributed by atoms with Crippen LogP contribution in [0.1, 0.15) is 11.1 Å². The second-order valence-electron chi connectivity index (χ2n) is 4.80. The Kier molecular flexibility index (Phi) is 5.15. The molecule has 2 rings (SSSR count). The SMILES string of the molecule is O=C(O)C(Cc1cccc(C(F)(F)F)c1)Oc1ccc(Cl)cc1. The lowest BCUT2D eigenvalue weighted by atomic mass is 10.0. The highest BCUT2D eigenvalue weighted by Gasteiger charge is 2.31. The van der Waals surface area contributed by atoms with Gasteiger partial charge in [0.1, 0.15) is 5.75 Å². The predicted octanol–water partition coefficient (Wildman–Crippen LogP) is 4.43. The van der Waals surface area contributed by atoms with Crippen LogP contribution in [0.4, 0.5) is 13.2 Å². The number of halogens is 4. The summed E-state index contributed by atoms with van der Waals surface area (Å²) in [6.45, 7) is 0. The minimum atomic E-state index is -4.48. The molecule has 1 unspecified atom stereocenters. The van der Waals surface area contributed by atoms with Crippen molar-refractivity contribution < 1.29 is 27.8 Å². The van der Waals surface area contributed by atoms with E-state index in [9.17, 15) is 23.1 Å². The van der Waals surface area contributed by atoms with Crippen LogP contribution in [0.2, 0.25) is 5.02 Å². The Balaban J connectivity index is 2.16. The summed E-state index contributed by atoms with van der Waals surface area (Å²) in [7, 11) is 0. The van der Waals surface area contributed by atoms with Gasteiger partial charge in [0.05, 0.1) is 5.56 Å². The van der Waals surface area contributed by atoms with E-state index >= 15 is 0 Å². The van der Waals surface area contributed by atoms with E-state index in [4.69, 9.17) is 16.3 Å². The molecule has 1 atom stereocenters. The van der Waals surface area contributed by atoms with Crippen molar-refractivity contribution >= 4 is 17.6 Å². The summed E-state index contributed by atoms with van der Waals surface area (Å²) >= 11 is 5.72. The molecule has 0 spiro atoms. The lowest BCUT2D eigenvalue weighted by Crippen LogP contribution is -2.29. The number of carbonyl (C=O) groups is 1. The molecule has 0 aromatic heterocycles. The van der Waals surface area contributed by atoms with E-state index in [0.29, 0.717) is 5.02 Å². The molecule has 7 heteroatoms. The summed E-state index contributed by atoms with van der Waals surface area (Å²) in [5, 5.41) is 9.67. The van der Waals surface area contributed by atoms with E-state index < -0.39 is 23.8 Å². The molecule has 0 saturated carbocycles. The molecule has 0 bridgehead atoms. The van der Waals surface area contributed by atoms with Crippen LogP contribution in [0.3, 0.4) is 0 Å². The molecule has 0 aliphatic heterocycles. The van der Waals surface area contributed by atoms with Gasteiger partial charge in [-0.2, -0.15) is 13.2 Å². The van der Waals surface area contributed by atoms with Gasteiger partial charge < -0.3 is 9.84 Å². The van der Waals surface area contributed by atoms with Crippen molar-refractivity contribution in [1.29, 1.82) is 0 Å². The first kappa shape index (κ1) is 17.1. The van der Waals surface area contributed by atoms with E-state index in [1.54, 1.807) is 0 Å². The van der Waals surface area contributed by atoms with Crippen molar-refractivity contribution in [3.05, 3.63) is 64.7 Å². The minimum Gasteiger partial charge on any atom is -0.478 e. The first-order valence-electron chi connectivity index (χ1n) is 6.57. The van der Waals surface area contributed by atoms with Crippen LogP contribution in [0, 0.1) is 0 Å². The number of ether oxygens (including phenoxy) is 1. The fourth-order valence-electron chi connectivity index (χ4n) is 1.95. The minimum absolute atomic E-state index is 0.193. The molecule has 0 aliphatic carbocycles. The third kappa shape index (κ3) is 4.89. The van der Waals surface area contributed by atoms with Crippen molar-refractivity contribution in [3.63, 3.8) is 0 Å². The zero-order valence-corrected chi connectivity index (χ0v) is 12.4. The highest BCUT2D eigenvalue weighted by molar-refractivity contribution is 6.30. The van der Waals surface area contributed by atoms with Gasteiger partial charge in [0.25, 0.3) is 0 Å². The van der Waals surface area contributed by atoms with Crippen molar-refractivity contribution in [1.82, 2.24) is 0 Å². The van der Waals surface area contributed by atoms with Gasteiger partial charge >= 0.3 is 12.1 Å². The first-order valence-corrected chi connectivity index (χ1v) is 6.94. The highest BCUT2D eigenvalue weighted by Crippen LogP contribution is 2.30. The number of alkyl halides is 3. The fraction of sp³-hybridized carbons (Fsp3) is 0.188. The average molecular weight is 345 g/mol. The second-order valence-corrected chi connectivity index (χ2v) is 5.24. The Hall–Kier alpha value is -2.21. The smallest absolute Gasteiger partial charge is 0.416 e. The summed E-state index contributed by atoms with van der Waals surface area (Å²) in [4.78, 5) is 11.3. The van der Waals surface area contributed by atoms with Crippen molar-refractivity contribution in [2.24, 2.45) is 0 Å². The first-order chi connectivity index (χ1) is 10.8. The Labute approximate surface area is 135 Å². The van der Waals surface area contributed by atoms with Crippen LogP contribution in [-0.2, 0) is 17.4 Å². The quantitative estimate of drug-likeness (QED) is 0.872. The van der Waals surface area contributed by atoms with E-state index in [-0.39, 0.29) is 17.7 Å². The number of hydrogen-bond donors (Lipinski definition) is 1. The predicted molar refractivity (Wildman–Crippen MR) is 78.7 cm³/mol. The largest absolute Gasteiger partial charge is 0.478 e. The van der Waals surface area contributed by atoms with Gasteiger partial charge in [-0.3, -0.25) is 0 Å². The van der Waals surface area contributed by atoms with Crippen LogP contribution in [0.15, 0.2) is 48.5 Å².